The van der Waals surface area contributed by atoms with E-state index in [1.165, 1.54) is 6.20 Å². The zero-order valence-electron chi connectivity index (χ0n) is 13.1. The maximum Gasteiger partial charge on any atom is 0.253 e. The van der Waals surface area contributed by atoms with Crippen molar-refractivity contribution in [2.24, 2.45) is 0 Å². The molecular weight excluding hydrogens is 316 g/mol. The number of furan rings is 1. The van der Waals surface area contributed by atoms with E-state index in [2.05, 4.69) is 10.3 Å². The van der Waals surface area contributed by atoms with Crippen LogP contribution in [-0.4, -0.2) is 17.0 Å². The highest BCUT2D eigenvalue weighted by atomic mass is 35.5. The summed E-state index contributed by atoms with van der Waals surface area (Å²) in [5.74, 6) is 1.10. The molecule has 2 heterocycles. The van der Waals surface area contributed by atoms with Gasteiger partial charge in [0.2, 0.25) is 5.88 Å². The van der Waals surface area contributed by atoms with Crippen molar-refractivity contribution in [1.82, 2.24) is 10.3 Å². The third-order valence-corrected chi connectivity index (χ3v) is 4.04. The van der Waals surface area contributed by atoms with Crippen molar-refractivity contribution >= 4 is 17.5 Å². The number of carbonyl (C=O) groups excluding carboxylic acids is 1. The molecular formula is C17H19ClN2O3. The summed E-state index contributed by atoms with van der Waals surface area (Å²) in [4.78, 5) is 16.6. The Balaban J connectivity index is 1.73. The van der Waals surface area contributed by atoms with Crippen molar-refractivity contribution in [2.75, 3.05) is 0 Å². The van der Waals surface area contributed by atoms with Crippen molar-refractivity contribution in [2.45, 2.75) is 45.3 Å². The Bertz CT molecular complexity index is 712. The first kappa shape index (κ1) is 15.9. The fourth-order valence-electron chi connectivity index (χ4n) is 2.74. The Morgan fingerprint density at radius 1 is 1.52 bits per heavy atom. The molecule has 23 heavy (non-hydrogen) atoms. The van der Waals surface area contributed by atoms with Gasteiger partial charge in [0.25, 0.3) is 5.91 Å². The largest absolute Gasteiger partial charge is 0.474 e. The zero-order chi connectivity index (χ0) is 16.4. The van der Waals surface area contributed by atoms with E-state index in [1.807, 2.05) is 19.9 Å². The fraction of sp³-hybridized carbons (Fsp3) is 0.412. The van der Waals surface area contributed by atoms with Crippen LogP contribution in [-0.2, 0) is 6.42 Å². The molecule has 0 bridgehead atoms. The average Bonchev–Trinajstić information content (AvgIpc) is 2.98. The van der Waals surface area contributed by atoms with E-state index in [1.54, 1.807) is 12.3 Å². The number of fused-ring (bicyclic) bond motifs is 1. The molecule has 0 unspecified atom stereocenters. The maximum atomic E-state index is 12.4. The second-order valence-corrected chi connectivity index (χ2v) is 6.30. The normalized spacial score (nSPS) is 17.0. The Kier molecular flexibility index (Phi) is 4.57. The molecule has 2 aromatic rings. The van der Waals surface area contributed by atoms with Gasteiger partial charge in [-0.15, -0.1) is 0 Å². The number of hydrogen-bond acceptors (Lipinski definition) is 4. The van der Waals surface area contributed by atoms with Gasteiger partial charge in [-0.1, -0.05) is 11.6 Å². The molecule has 0 aliphatic heterocycles. The molecule has 0 fully saturated rings. The molecule has 1 N–H and O–H groups in total. The summed E-state index contributed by atoms with van der Waals surface area (Å²) in [6.07, 6.45) is 5.94. The monoisotopic (exact) mass is 334 g/mol. The topological polar surface area (TPSA) is 64.4 Å². The van der Waals surface area contributed by atoms with Gasteiger partial charge in [-0.25, -0.2) is 4.98 Å². The number of aryl methyl sites for hydroxylation is 1. The lowest BCUT2D eigenvalue weighted by Crippen LogP contribution is -2.30. The van der Waals surface area contributed by atoms with Crippen molar-refractivity contribution in [3.05, 3.63) is 46.5 Å². The summed E-state index contributed by atoms with van der Waals surface area (Å²) >= 11 is 6.14. The van der Waals surface area contributed by atoms with E-state index in [-0.39, 0.29) is 18.1 Å². The minimum atomic E-state index is -0.199. The van der Waals surface area contributed by atoms with Crippen LogP contribution in [0.5, 0.6) is 5.88 Å². The first-order valence-corrected chi connectivity index (χ1v) is 8.11. The lowest BCUT2D eigenvalue weighted by atomic mass is 9.93. The van der Waals surface area contributed by atoms with Crippen LogP contribution in [0.3, 0.4) is 0 Å². The number of pyridine rings is 1. The molecule has 1 aliphatic carbocycles. The van der Waals surface area contributed by atoms with Crippen molar-refractivity contribution in [3.63, 3.8) is 0 Å². The highest BCUT2D eigenvalue weighted by Crippen LogP contribution is 2.31. The summed E-state index contributed by atoms with van der Waals surface area (Å²) in [6, 6.07) is 3.47. The second kappa shape index (κ2) is 6.62. The standard InChI is InChI=1S/C17H19ClN2O3/c1-10(2)23-17-13(18)8-11(9-19-17)16(21)20-14-4-3-5-15-12(14)6-7-22-15/h6-10,14H,3-5H2,1-2H3,(H,20,21)/t14-/m1/s1. The number of ether oxygens (including phenoxy) is 1. The Labute approximate surface area is 140 Å². The molecule has 1 amide bonds. The summed E-state index contributed by atoms with van der Waals surface area (Å²) in [7, 11) is 0. The summed E-state index contributed by atoms with van der Waals surface area (Å²) in [6.45, 7) is 3.79. The smallest absolute Gasteiger partial charge is 0.253 e. The molecule has 3 rings (SSSR count). The van der Waals surface area contributed by atoms with E-state index in [0.29, 0.717) is 16.5 Å². The third kappa shape index (κ3) is 3.50. The van der Waals surface area contributed by atoms with Crippen LogP contribution in [0.1, 0.15) is 54.4 Å². The molecule has 0 saturated carbocycles. The van der Waals surface area contributed by atoms with Crippen LogP contribution < -0.4 is 10.1 Å². The Morgan fingerprint density at radius 2 is 2.35 bits per heavy atom. The molecule has 0 radical (unpaired) electrons. The lowest BCUT2D eigenvalue weighted by Gasteiger charge is -2.22. The van der Waals surface area contributed by atoms with Gasteiger partial charge in [-0.2, -0.15) is 0 Å². The SMILES string of the molecule is CC(C)Oc1ncc(C(=O)N[C@@H]2CCCc3occc32)cc1Cl. The van der Waals surface area contributed by atoms with Gasteiger partial charge in [0, 0.05) is 18.2 Å². The van der Waals surface area contributed by atoms with Gasteiger partial charge in [0.15, 0.2) is 0 Å². The number of nitrogens with zero attached hydrogens (tertiary/aromatic N) is 1. The van der Waals surface area contributed by atoms with Crippen LogP contribution in [0.4, 0.5) is 0 Å². The average molecular weight is 335 g/mol. The van der Waals surface area contributed by atoms with E-state index in [0.717, 1.165) is 30.6 Å². The lowest BCUT2D eigenvalue weighted by molar-refractivity contribution is 0.0931. The quantitative estimate of drug-likeness (QED) is 0.920. The number of aromatic nitrogens is 1. The van der Waals surface area contributed by atoms with E-state index >= 15 is 0 Å². The van der Waals surface area contributed by atoms with Crippen LogP contribution in [0.15, 0.2) is 29.0 Å². The fourth-order valence-corrected chi connectivity index (χ4v) is 2.95. The van der Waals surface area contributed by atoms with E-state index < -0.39 is 0 Å². The number of amides is 1. The summed E-state index contributed by atoms with van der Waals surface area (Å²) < 4.78 is 10.9. The molecule has 5 nitrogen and oxygen atoms in total. The number of rotatable bonds is 4. The Hall–Kier alpha value is -2.01. The number of carbonyl (C=O) groups is 1. The minimum absolute atomic E-state index is 0.0265. The molecule has 2 aromatic heterocycles. The van der Waals surface area contributed by atoms with Gasteiger partial charge >= 0.3 is 0 Å². The minimum Gasteiger partial charge on any atom is -0.474 e. The third-order valence-electron chi connectivity index (χ3n) is 3.77. The predicted octanol–water partition coefficient (Wildman–Crippen LogP) is 3.92. The van der Waals surface area contributed by atoms with Gasteiger partial charge < -0.3 is 14.5 Å². The zero-order valence-corrected chi connectivity index (χ0v) is 13.9. The number of halogens is 1. The van der Waals surface area contributed by atoms with E-state index in [4.69, 9.17) is 20.8 Å². The van der Waals surface area contributed by atoms with Crippen molar-refractivity contribution < 1.29 is 13.9 Å². The molecule has 0 spiro atoms. The van der Waals surface area contributed by atoms with Crippen molar-refractivity contribution in [3.8, 4) is 5.88 Å². The number of nitrogens with one attached hydrogen (secondary N) is 1. The van der Waals surface area contributed by atoms with E-state index in [9.17, 15) is 4.79 Å². The molecule has 122 valence electrons. The first-order valence-electron chi connectivity index (χ1n) is 7.74. The summed E-state index contributed by atoms with van der Waals surface area (Å²) in [5, 5.41) is 3.36. The van der Waals surface area contributed by atoms with Crippen LogP contribution in [0.25, 0.3) is 0 Å². The maximum absolute atomic E-state index is 12.4. The van der Waals surface area contributed by atoms with Crippen LogP contribution >= 0.6 is 11.6 Å². The van der Waals surface area contributed by atoms with Gasteiger partial charge in [-0.05, 0) is 38.8 Å². The van der Waals surface area contributed by atoms with Gasteiger partial charge in [0.1, 0.15) is 10.8 Å². The molecule has 1 aliphatic rings. The highest BCUT2D eigenvalue weighted by Gasteiger charge is 2.24. The van der Waals surface area contributed by atoms with Crippen LogP contribution in [0.2, 0.25) is 5.02 Å². The molecule has 0 aromatic carbocycles. The highest BCUT2D eigenvalue weighted by molar-refractivity contribution is 6.32. The van der Waals surface area contributed by atoms with Crippen molar-refractivity contribution in [1.29, 1.82) is 0 Å². The first-order chi connectivity index (χ1) is 11.0. The van der Waals surface area contributed by atoms with Crippen LogP contribution in [0, 0.1) is 0 Å². The molecule has 1 atom stereocenters. The molecule has 0 saturated heterocycles. The second-order valence-electron chi connectivity index (χ2n) is 5.89. The Morgan fingerprint density at radius 3 is 3.09 bits per heavy atom. The number of hydrogen-bond donors (Lipinski definition) is 1. The predicted molar refractivity (Wildman–Crippen MR) is 86.9 cm³/mol. The summed E-state index contributed by atoms with van der Waals surface area (Å²) in [5.41, 5.74) is 1.48. The molecule has 6 heteroatoms. The van der Waals surface area contributed by atoms with Gasteiger partial charge in [0.05, 0.1) is 24.0 Å². The van der Waals surface area contributed by atoms with Gasteiger partial charge in [-0.3, -0.25) is 4.79 Å².